The van der Waals surface area contributed by atoms with Gasteiger partial charge in [0.15, 0.2) is 0 Å². The normalized spacial score (nSPS) is 15.7. The van der Waals surface area contributed by atoms with E-state index in [1.165, 1.54) is 30.2 Å². The summed E-state index contributed by atoms with van der Waals surface area (Å²) in [6.07, 6.45) is 3.63. The zero-order chi connectivity index (χ0) is 25.3. The van der Waals surface area contributed by atoms with Gasteiger partial charge in [0.1, 0.15) is 10.0 Å². The van der Waals surface area contributed by atoms with Gasteiger partial charge < -0.3 is 0 Å². The third-order valence-electron chi connectivity index (χ3n) is 5.36. The number of nitrogens with zero attached hydrogens (tertiary/aromatic N) is 4. The van der Waals surface area contributed by atoms with E-state index >= 15 is 0 Å². The average molecular weight is 527 g/mol. The molecule has 7 nitrogen and oxygen atoms in total. The Hall–Kier alpha value is -2.79. The highest BCUT2D eigenvalue weighted by atomic mass is 32.2. The monoisotopic (exact) mass is 526 g/mol. The zero-order valence-corrected chi connectivity index (χ0v) is 22.3. The summed E-state index contributed by atoms with van der Waals surface area (Å²) in [6.45, 7) is 4.64. The first kappa shape index (κ1) is 25.3. The number of para-hydroxylation sites is 1. The van der Waals surface area contributed by atoms with E-state index in [1.54, 1.807) is 33.9 Å². The average Bonchev–Trinajstić information content (AvgIpc) is 3.36. The molecule has 0 unspecified atom stereocenters. The van der Waals surface area contributed by atoms with Gasteiger partial charge in [-0.2, -0.15) is 5.10 Å². The van der Waals surface area contributed by atoms with Gasteiger partial charge in [-0.3, -0.25) is 9.69 Å². The van der Waals surface area contributed by atoms with Gasteiger partial charge in [-0.25, -0.2) is 17.4 Å². The van der Waals surface area contributed by atoms with Crippen molar-refractivity contribution in [3.8, 4) is 16.9 Å². The number of thiocarbonyl (C=S) groups is 1. The smallest absolute Gasteiger partial charge is 0.266 e. The number of rotatable bonds is 7. The van der Waals surface area contributed by atoms with Crippen molar-refractivity contribution in [2.45, 2.75) is 18.7 Å². The van der Waals surface area contributed by atoms with Crippen molar-refractivity contribution in [2.75, 3.05) is 20.6 Å². The van der Waals surface area contributed by atoms with Gasteiger partial charge in [0.25, 0.3) is 5.91 Å². The summed E-state index contributed by atoms with van der Waals surface area (Å²) in [5.74, 6) is 0.158. The Balaban J connectivity index is 1.83. The number of amides is 1. The summed E-state index contributed by atoms with van der Waals surface area (Å²) in [5, 5.41) is 4.77. The van der Waals surface area contributed by atoms with Crippen LogP contribution in [0, 0.1) is 5.92 Å². The molecule has 1 amide bonds. The molecule has 35 heavy (non-hydrogen) atoms. The van der Waals surface area contributed by atoms with Crippen LogP contribution < -0.4 is 0 Å². The van der Waals surface area contributed by atoms with Crippen LogP contribution in [0.1, 0.15) is 19.4 Å². The number of carbonyl (C=O) groups excluding carboxylic acids is 1. The Morgan fingerprint density at radius 2 is 1.83 bits per heavy atom. The Bertz CT molecular complexity index is 1410. The van der Waals surface area contributed by atoms with Crippen molar-refractivity contribution >= 4 is 50.3 Å². The highest BCUT2D eigenvalue weighted by Gasteiger charge is 2.32. The van der Waals surface area contributed by atoms with Gasteiger partial charge in [0.05, 0.1) is 15.5 Å². The van der Waals surface area contributed by atoms with Gasteiger partial charge in [-0.05, 0) is 36.3 Å². The van der Waals surface area contributed by atoms with E-state index in [0.717, 1.165) is 5.69 Å². The fourth-order valence-electron chi connectivity index (χ4n) is 3.61. The highest BCUT2D eigenvalue weighted by molar-refractivity contribution is 8.26. The fourth-order valence-corrected chi connectivity index (χ4v) is 5.82. The molecular formula is C25H26N4O3S3. The Kier molecular flexibility index (Phi) is 7.27. The Labute approximate surface area is 215 Å². The summed E-state index contributed by atoms with van der Waals surface area (Å²) < 4.78 is 28.9. The Morgan fingerprint density at radius 3 is 2.49 bits per heavy atom. The predicted octanol–water partition coefficient (Wildman–Crippen LogP) is 4.65. The van der Waals surface area contributed by atoms with Gasteiger partial charge in [-0.1, -0.05) is 68.2 Å². The first-order valence-corrected chi connectivity index (χ1v) is 13.7. The molecule has 0 saturated carbocycles. The standard InChI is InChI=1S/C25H26N4O3S3/c1-17(2)15-28-24(30)22(34-25(28)33)14-19-16-29(20-10-6-5-7-11-20)26-23(19)18-9-8-12-21(13-18)35(31,32)27(3)4/h5-14,16-17H,15H2,1-4H3/b22-14-. The van der Waals surface area contributed by atoms with Crippen molar-refractivity contribution in [3.63, 3.8) is 0 Å². The van der Waals surface area contributed by atoms with Crippen LogP contribution >= 0.6 is 24.0 Å². The topological polar surface area (TPSA) is 75.5 Å². The molecule has 0 radical (unpaired) electrons. The third kappa shape index (κ3) is 5.25. The first-order chi connectivity index (χ1) is 16.6. The first-order valence-electron chi connectivity index (χ1n) is 11.0. The largest absolute Gasteiger partial charge is 0.293 e. The van der Waals surface area contributed by atoms with E-state index in [9.17, 15) is 13.2 Å². The van der Waals surface area contributed by atoms with Crippen molar-refractivity contribution in [1.29, 1.82) is 0 Å². The molecule has 0 atom stereocenters. The van der Waals surface area contributed by atoms with Crippen LogP contribution in [0.3, 0.4) is 0 Å². The van der Waals surface area contributed by atoms with E-state index in [4.69, 9.17) is 17.3 Å². The summed E-state index contributed by atoms with van der Waals surface area (Å²) in [7, 11) is -0.628. The lowest BCUT2D eigenvalue weighted by atomic mass is 10.1. The summed E-state index contributed by atoms with van der Waals surface area (Å²) in [6, 6.07) is 16.3. The van der Waals surface area contributed by atoms with E-state index in [0.29, 0.717) is 32.6 Å². The Morgan fingerprint density at radius 1 is 1.11 bits per heavy atom. The molecule has 2 aromatic carbocycles. The van der Waals surface area contributed by atoms with Crippen molar-refractivity contribution in [3.05, 3.63) is 71.3 Å². The van der Waals surface area contributed by atoms with E-state index in [1.807, 2.05) is 56.4 Å². The van der Waals surface area contributed by atoms with Crippen LogP contribution in [0.25, 0.3) is 23.0 Å². The van der Waals surface area contributed by atoms with Crippen LogP contribution in [0.5, 0.6) is 0 Å². The summed E-state index contributed by atoms with van der Waals surface area (Å²) in [5.41, 5.74) is 2.74. The molecule has 3 aromatic rings. The second-order valence-corrected chi connectivity index (χ2v) is 12.5. The number of benzene rings is 2. The predicted molar refractivity (Wildman–Crippen MR) is 145 cm³/mol. The summed E-state index contributed by atoms with van der Waals surface area (Å²) in [4.78, 5) is 15.4. The van der Waals surface area contributed by atoms with E-state index in [2.05, 4.69) is 0 Å². The highest BCUT2D eigenvalue weighted by Crippen LogP contribution is 2.35. The number of aromatic nitrogens is 2. The lowest BCUT2D eigenvalue weighted by molar-refractivity contribution is -0.122. The minimum absolute atomic E-state index is 0.129. The number of carbonyl (C=O) groups is 1. The molecule has 4 rings (SSSR count). The SMILES string of the molecule is CC(C)CN1C(=O)/C(=C/c2cn(-c3ccccc3)nc2-c2cccc(S(=O)(=O)N(C)C)c2)SC1=S. The molecule has 1 aliphatic rings. The number of sulfonamides is 1. The molecule has 1 saturated heterocycles. The minimum atomic E-state index is -3.62. The van der Waals surface area contributed by atoms with Gasteiger partial charge in [0.2, 0.25) is 10.0 Å². The fraction of sp³-hybridized carbons (Fsp3) is 0.240. The maximum Gasteiger partial charge on any atom is 0.266 e. The lowest BCUT2D eigenvalue weighted by Crippen LogP contribution is -2.31. The summed E-state index contributed by atoms with van der Waals surface area (Å²) >= 11 is 6.72. The molecule has 10 heteroatoms. The molecule has 0 bridgehead atoms. The van der Waals surface area contributed by atoms with Gasteiger partial charge >= 0.3 is 0 Å². The molecule has 0 N–H and O–H groups in total. The molecule has 1 aromatic heterocycles. The maximum atomic E-state index is 13.1. The molecule has 0 aliphatic carbocycles. The molecule has 2 heterocycles. The quantitative estimate of drug-likeness (QED) is 0.330. The van der Waals surface area contributed by atoms with Crippen LogP contribution in [-0.2, 0) is 14.8 Å². The van der Waals surface area contributed by atoms with Gasteiger partial charge in [-0.15, -0.1) is 0 Å². The number of hydrogen-bond acceptors (Lipinski definition) is 6. The molecule has 1 aliphatic heterocycles. The van der Waals surface area contributed by atoms with Crippen LogP contribution in [-0.4, -0.2) is 58.3 Å². The molecule has 0 spiro atoms. The minimum Gasteiger partial charge on any atom is -0.293 e. The molecule has 1 fully saturated rings. The lowest BCUT2D eigenvalue weighted by Gasteiger charge is -2.16. The zero-order valence-electron chi connectivity index (χ0n) is 19.9. The van der Waals surface area contributed by atoms with E-state index < -0.39 is 10.0 Å². The number of thioether (sulfide) groups is 1. The van der Waals surface area contributed by atoms with E-state index in [-0.39, 0.29) is 16.7 Å². The van der Waals surface area contributed by atoms with Crippen LogP contribution in [0.2, 0.25) is 0 Å². The number of hydrogen-bond donors (Lipinski definition) is 0. The second-order valence-electron chi connectivity index (χ2n) is 8.71. The third-order valence-corrected chi connectivity index (χ3v) is 8.55. The van der Waals surface area contributed by atoms with Crippen molar-refractivity contribution in [2.24, 2.45) is 5.92 Å². The molecule has 182 valence electrons. The van der Waals surface area contributed by atoms with Crippen molar-refractivity contribution < 1.29 is 13.2 Å². The van der Waals surface area contributed by atoms with Gasteiger partial charge in [0, 0.05) is 38.0 Å². The second kappa shape index (κ2) is 10.1. The van der Waals surface area contributed by atoms with Crippen LogP contribution in [0.4, 0.5) is 0 Å². The van der Waals surface area contributed by atoms with Crippen LogP contribution in [0.15, 0.2) is 70.6 Å². The molecular weight excluding hydrogens is 501 g/mol. The maximum absolute atomic E-state index is 13.1. The van der Waals surface area contributed by atoms with Crippen molar-refractivity contribution in [1.82, 2.24) is 19.0 Å².